The summed E-state index contributed by atoms with van der Waals surface area (Å²) in [6, 6.07) is 16.9. The summed E-state index contributed by atoms with van der Waals surface area (Å²) in [7, 11) is 0. The number of nitrogens with one attached hydrogen (secondary N) is 2. The molecule has 0 aliphatic rings. The Morgan fingerprint density at radius 2 is 1.60 bits per heavy atom. The maximum Gasteiger partial charge on any atom is 0.407 e. The SMILES string of the molecule is Cc1ccc(OCC(=O)NCCNC(=O)OCc2ccccc2)cc1. The second kappa shape index (κ2) is 9.97. The first kappa shape index (κ1) is 18.3. The van der Waals surface area contributed by atoms with E-state index in [0.29, 0.717) is 12.3 Å². The Morgan fingerprint density at radius 1 is 0.920 bits per heavy atom. The molecule has 0 atom stereocenters. The molecule has 2 aromatic carbocycles. The number of carbonyl (C=O) groups excluding carboxylic acids is 2. The highest BCUT2D eigenvalue weighted by molar-refractivity contribution is 5.77. The van der Waals surface area contributed by atoms with Crippen LogP contribution in [0, 0.1) is 6.92 Å². The van der Waals surface area contributed by atoms with Crippen LogP contribution in [0.2, 0.25) is 0 Å². The topological polar surface area (TPSA) is 76.7 Å². The first-order valence-corrected chi connectivity index (χ1v) is 8.04. The summed E-state index contributed by atoms with van der Waals surface area (Å²) < 4.78 is 10.4. The summed E-state index contributed by atoms with van der Waals surface area (Å²) >= 11 is 0. The number of carbonyl (C=O) groups is 2. The van der Waals surface area contributed by atoms with E-state index >= 15 is 0 Å². The van der Waals surface area contributed by atoms with Gasteiger partial charge in [0, 0.05) is 13.1 Å². The number of alkyl carbamates (subject to hydrolysis) is 1. The minimum Gasteiger partial charge on any atom is -0.484 e. The van der Waals surface area contributed by atoms with Crippen LogP contribution in [-0.4, -0.2) is 31.7 Å². The molecule has 0 saturated carbocycles. The molecule has 0 spiro atoms. The Balaban J connectivity index is 1.53. The van der Waals surface area contributed by atoms with Crippen LogP contribution in [0.25, 0.3) is 0 Å². The zero-order valence-corrected chi connectivity index (χ0v) is 14.2. The zero-order valence-electron chi connectivity index (χ0n) is 14.2. The van der Waals surface area contributed by atoms with Crippen molar-refractivity contribution in [2.75, 3.05) is 19.7 Å². The molecule has 6 heteroatoms. The van der Waals surface area contributed by atoms with Gasteiger partial charge in [-0.1, -0.05) is 48.0 Å². The van der Waals surface area contributed by atoms with E-state index in [4.69, 9.17) is 9.47 Å². The molecule has 0 heterocycles. The average molecular weight is 342 g/mol. The Hall–Kier alpha value is -3.02. The third-order valence-electron chi connectivity index (χ3n) is 3.32. The first-order valence-electron chi connectivity index (χ1n) is 8.04. The minimum absolute atomic E-state index is 0.0679. The van der Waals surface area contributed by atoms with E-state index in [9.17, 15) is 9.59 Å². The van der Waals surface area contributed by atoms with Crippen molar-refractivity contribution < 1.29 is 19.1 Å². The number of amides is 2. The Labute approximate surface area is 147 Å². The van der Waals surface area contributed by atoms with E-state index in [-0.39, 0.29) is 25.7 Å². The summed E-state index contributed by atoms with van der Waals surface area (Å²) in [5.41, 5.74) is 2.04. The maximum atomic E-state index is 11.7. The van der Waals surface area contributed by atoms with Crippen molar-refractivity contribution in [3.05, 3.63) is 65.7 Å². The molecule has 2 aromatic rings. The van der Waals surface area contributed by atoms with Gasteiger partial charge in [0.15, 0.2) is 6.61 Å². The lowest BCUT2D eigenvalue weighted by Crippen LogP contribution is -2.36. The van der Waals surface area contributed by atoms with E-state index in [2.05, 4.69) is 10.6 Å². The summed E-state index contributed by atoms with van der Waals surface area (Å²) in [5, 5.41) is 5.23. The summed E-state index contributed by atoms with van der Waals surface area (Å²) in [5.74, 6) is 0.392. The van der Waals surface area contributed by atoms with Gasteiger partial charge in [-0.2, -0.15) is 0 Å². The Bertz CT molecular complexity index is 672. The van der Waals surface area contributed by atoms with E-state index < -0.39 is 6.09 Å². The van der Waals surface area contributed by atoms with E-state index in [1.54, 1.807) is 0 Å². The monoisotopic (exact) mass is 342 g/mol. The van der Waals surface area contributed by atoms with Crippen molar-refractivity contribution in [1.82, 2.24) is 10.6 Å². The first-order chi connectivity index (χ1) is 12.1. The van der Waals surface area contributed by atoms with Gasteiger partial charge in [-0.25, -0.2) is 4.79 Å². The van der Waals surface area contributed by atoms with Crippen LogP contribution >= 0.6 is 0 Å². The highest BCUT2D eigenvalue weighted by Crippen LogP contribution is 2.10. The molecule has 6 nitrogen and oxygen atoms in total. The maximum absolute atomic E-state index is 11.7. The predicted octanol–water partition coefficient (Wildman–Crippen LogP) is 2.42. The molecule has 2 N–H and O–H groups in total. The van der Waals surface area contributed by atoms with Crippen molar-refractivity contribution in [2.24, 2.45) is 0 Å². The quantitative estimate of drug-likeness (QED) is 0.722. The van der Waals surface area contributed by atoms with Crippen molar-refractivity contribution in [3.8, 4) is 5.75 Å². The van der Waals surface area contributed by atoms with Gasteiger partial charge in [0.25, 0.3) is 5.91 Å². The van der Waals surface area contributed by atoms with Gasteiger partial charge in [0.05, 0.1) is 0 Å². The van der Waals surface area contributed by atoms with Gasteiger partial charge in [0.2, 0.25) is 0 Å². The van der Waals surface area contributed by atoms with Gasteiger partial charge in [-0.05, 0) is 24.6 Å². The Kier molecular flexibility index (Phi) is 7.31. The molecule has 0 unspecified atom stereocenters. The lowest BCUT2D eigenvalue weighted by Gasteiger charge is -2.09. The number of hydrogen-bond acceptors (Lipinski definition) is 4. The zero-order chi connectivity index (χ0) is 17.9. The fourth-order valence-corrected chi connectivity index (χ4v) is 1.98. The third kappa shape index (κ3) is 7.39. The van der Waals surface area contributed by atoms with Gasteiger partial charge in [0.1, 0.15) is 12.4 Å². The number of hydrogen-bond donors (Lipinski definition) is 2. The van der Waals surface area contributed by atoms with E-state index in [1.165, 1.54) is 0 Å². The van der Waals surface area contributed by atoms with Crippen LogP contribution in [0.4, 0.5) is 4.79 Å². The minimum atomic E-state index is -0.519. The summed E-state index contributed by atoms with van der Waals surface area (Å²) in [4.78, 5) is 23.2. The molecule has 132 valence electrons. The van der Waals surface area contributed by atoms with Crippen molar-refractivity contribution in [2.45, 2.75) is 13.5 Å². The molecule has 25 heavy (non-hydrogen) atoms. The number of benzene rings is 2. The molecular weight excluding hydrogens is 320 g/mol. The lowest BCUT2D eigenvalue weighted by atomic mass is 10.2. The van der Waals surface area contributed by atoms with Gasteiger partial charge < -0.3 is 20.1 Å². The normalized spacial score (nSPS) is 9.96. The van der Waals surface area contributed by atoms with Crippen molar-refractivity contribution in [1.29, 1.82) is 0 Å². The summed E-state index contributed by atoms with van der Waals surface area (Å²) in [6.45, 7) is 2.71. The standard InChI is InChI=1S/C19H22N2O4/c1-15-7-9-17(10-8-15)24-14-18(22)20-11-12-21-19(23)25-13-16-5-3-2-4-6-16/h2-10H,11-14H2,1H3,(H,20,22)(H,21,23). The van der Waals surface area contributed by atoms with Gasteiger partial charge in [-0.15, -0.1) is 0 Å². The van der Waals surface area contributed by atoms with Crippen LogP contribution in [0.5, 0.6) is 5.75 Å². The van der Waals surface area contributed by atoms with Crippen LogP contribution < -0.4 is 15.4 Å². The predicted molar refractivity (Wildman–Crippen MR) is 94.3 cm³/mol. The third-order valence-corrected chi connectivity index (χ3v) is 3.32. The van der Waals surface area contributed by atoms with Crippen molar-refractivity contribution in [3.63, 3.8) is 0 Å². The molecule has 0 fully saturated rings. The molecule has 0 radical (unpaired) electrons. The second-order valence-corrected chi connectivity index (χ2v) is 5.44. The highest BCUT2D eigenvalue weighted by atomic mass is 16.5. The molecular formula is C19H22N2O4. The van der Waals surface area contributed by atoms with Gasteiger partial charge >= 0.3 is 6.09 Å². The van der Waals surface area contributed by atoms with Crippen LogP contribution in [0.1, 0.15) is 11.1 Å². The molecule has 0 saturated heterocycles. The second-order valence-electron chi connectivity index (χ2n) is 5.44. The van der Waals surface area contributed by atoms with Crippen molar-refractivity contribution >= 4 is 12.0 Å². The molecule has 0 aromatic heterocycles. The number of rotatable bonds is 8. The van der Waals surface area contributed by atoms with E-state index in [0.717, 1.165) is 11.1 Å². The number of ether oxygens (including phenoxy) is 2. The van der Waals surface area contributed by atoms with Gasteiger partial charge in [-0.3, -0.25) is 4.79 Å². The molecule has 0 aliphatic carbocycles. The smallest absolute Gasteiger partial charge is 0.407 e. The van der Waals surface area contributed by atoms with Crippen LogP contribution in [0.3, 0.4) is 0 Å². The summed E-state index contributed by atoms with van der Waals surface area (Å²) in [6.07, 6.45) is -0.519. The highest BCUT2D eigenvalue weighted by Gasteiger charge is 2.04. The van der Waals surface area contributed by atoms with E-state index in [1.807, 2.05) is 61.5 Å². The molecule has 0 bridgehead atoms. The molecule has 0 aliphatic heterocycles. The average Bonchev–Trinajstić information content (AvgIpc) is 2.64. The van der Waals surface area contributed by atoms with Crippen LogP contribution in [0.15, 0.2) is 54.6 Å². The largest absolute Gasteiger partial charge is 0.484 e. The fourth-order valence-electron chi connectivity index (χ4n) is 1.98. The van der Waals surface area contributed by atoms with Crippen LogP contribution in [-0.2, 0) is 16.1 Å². The molecule has 2 amide bonds. The Morgan fingerprint density at radius 3 is 2.32 bits per heavy atom. The number of aryl methyl sites for hydroxylation is 1. The lowest BCUT2D eigenvalue weighted by molar-refractivity contribution is -0.123. The fraction of sp³-hybridized carbons (Fsp3) is 0.263. The molecule has 2 rings (SSSR count).